The SMILES string of the molecule is COc1ccc(-c2ccc(OCCN(C)C)c(/C=C3\SC(=S)N(CCc4ccc(C(=O)O)cc4)C3=O)c2)cc1Cl. The topological polar surface area (TPSA) is 79.3 Å². The van der Waals surface area contributed by atoms with E-state index >= 15 is 0 Å². The predicted molar refractivity (Wildman–Crippen MR) is 164 cm³/mol. The molecular formula is C30H29ClN2O5S2. The minimum Gasteiger partial charge on any atom is -0.495 e. The number of hydrogen-bond acceptors (Lipinski definition) is 7. The van der Waals surface area contributed by atoms with Crippen LogP contribution in [0.4, 0.5) is 0 Å². The van der Waals surface area contributed by atoms with E-state index in [1.165, 1.54) is 11.8 Å². The third-order valence-corrected chi connectivity index (χ3v) is 7.95. The maximum atomic E-state index is 13.4. The van der Waals surface area contributed by atoms with Crippen LogP contribution >= 0.6 is 35.6 Å². The molecule has 1 saturated heterocycles. The van der Waals surface area contributed by atoms with Gasteiger partial charge in [-0.2, -0.15) is 0 Å². The lowest BCUT2D eigenvalue weighted by Crippen LogP contribution is -2.30. The second-order valence-electron chi connectivity index (χ2n) is 9.34. The number of halogens is 1. The van der Waals surface area contributed by atoms with Crippen molar-refractivity contribution >= 4 is 57.9 Å². The molecule has 1 heterocycles. The number of benzene rings is 3. The van der Waals surface area contributed by atoms with Crippen LogP contribution in [0.15, 0.2) is 65.6 Å². The number of thiocarbonyl (C=S) groups is 1. The first kappa shape index (κ1) is 29.6. The molecule has 0 unspecified atom stereocenters. The third-order valence-electron chi connectivity index (χ3n) is 6.28. The zero-order valence-corrected chi connectivity index (χ0v) is 24.7. The molecule has 1 N–H and O–H groups in total. The summed E-state index contributed by atoms with van der Waals surface area (Å²) in [5.41, 5.74) is 3.72. The molecule has 0 radical (unpaired) electrons. The third kappa shape index (κ3) is 7.22. The number of aromatic carboxylic acids is 1. The van der Waals surface area contributed by atoms with Gasteiger partial charge in [0.15, 0.2) is 0 Å². The first-order valence-electron chi connectivity index (χ1n) is 12.5. The lowest BCUT2D eigenvalue weighted by molar-refractivity contribution is -0.122. The van der Waals surface area contributed by atoms with E-state index in [1.807, 2.05) is 61.5 Å². The molecule has 0 aliphatic carbocycles. The van der Waals surface area contributed by atoms with Crippen LogP contribution in [0, 0.1) is 0 Å². The molecule has 1 fully saturated rings. The summed E-state index contributed by atoms with van der Waals surface area (Å²) in [4.78, 5) is 28.6. The number of amides is 1. The highest BCUT2D eigenvalue weighted by Crippen LogP contribution is 2.37. The normalized spacial score (nSPS) is 14.3. The zero-order chi connectivity index (χ0) is 28.8. The molecule has 1 aliphatic rings. The maximum absolute atomic E-state index is 13.4. The van der Waals surface area contributed by atoms with Crippen molar-refractivity contribution in [1.29, 1.82) is 0 Å². The minimum atomic E-state index is -0.974. The molecule has 10 heteroatoms. The van der Waals surface area contributed by atoms with Gasteiger partial charge in [-0.1, -0.05) is 59.8 Å². The highest BCUT2D eigenvalue weighted by molar-refractivity contribution is 8.26. The largest absolute Gasteiger partial charge is 0.495 e. The molecule has 7 nitrogen and oxygen atoms in total. The summed E-state index contributed by atoms with van der Waals surface area (Å²) in [5, 5.41) is 9.61. The van der Waals surface area contributed by atoms with Gasteiger partial charge in [-0.25, -0.2) is 4.79 Å². The zero-order valence-electron chi connectivity index (χ0n) is 22.3. The van der Waals surface area contributed by atoms with E-state index in [2.05, 4.69) is 0 Å². The van der Waals surface area contributed by atoms with E-state index in [9.17, 15) is 9.59 Å². The molecule has 208 valence electrons. The van der Waals surface area contributed by atoms with Crippen LogP contribution < -0.4 is 9.47 Å². The monoisotopic (exact) mass is 596 g/mol. The average molecular weight is 597 g/mol. The van der Waals surface area contributed by atoms with Gasteiger partial charge in [-0.05, 0) is 79.7 Å². The molecule has 1 amide bonds. The lowest BCUT2D eigenvalue weighted by Gasteiger charge is -2.15. The Labute approximate surface area is 248 Å². The van der Waals surface area contributed by atoms with E-state index in [-0.39, 0.29) is 11.5 Å². The van der Waals surface area contributed by atoms with Crippen LogP contribution in [0.5, 0.6) is 11.5 Å². The lowest BCUT2D eigenvalue weighted by atomic mass is 10.0. The van der Waals surface area contributed by atoms with Gasteiger partial charge < -0.3 is 19.5 Å². The van der Waals surface area contributed by atoms with Crippen LogP contribution in [0.3, 0.4) is 0 Å². The standard InChI is InChI=1S/C30H29ClN2O5S2/c1-32(2)14-15-38-25-10-8-21(22-9-11-26(37-3)24(31)17-22)16-23(25)18-27-28(34)33(30(39)40-27)13-12-19-4-6-20(7-5-19)29(35)36/h4-11,16-18H,12-15H2,1-3H3,(H,35,36)/b27-18-. The van der Waals surface area contributed by atoms with Crippen LogP contribution in [0.25, 0.3) is 17.2 Å². The number of carbonyl (C=O) groups is 2. The van der Waals surface area contributed by atoms with Crippen LogP contribution in [0.2, 0.25) is 5.02 Å². The van der Waals surface area contributed by atoms with Gasteiger partial charge in [0.1, 0.15) is 22.4 Å². The van der Waals surface area contributed by atoms with Crippen molar-refractivity contribution in [2.24, 2.45) is 0 Å². The summed E-state index contributed by atoms with van der Waals surface area (Å²) < 4.78 is 11.8. The Kier molecular flexibility index (Phi) is 9.86. The van der Waals surface area contributed by atoms with E-state index in [4.69, 9.17) is 38.4 Å². The highest BCUT2D eigenvalue weighted by atomic mass is 35.5. The molecule has 1 aliphatic heterocycles. The van der Waals surface area contributed by atoms with Gasteiger partial charge in [0.05, 0.1) is 22.6 Å². The predicted octanol–water partition coefficient (Wildman–Crippen LogP) is 6.10. The van der Waals surface area contributed by atoms with Gasteiger partial charge in [-0.15, -0.1) is 0 Å². The summed E-state index contributed by atoms with van der Waals surface area (Å²) in [6, 6.07) is 18.0. The molecule has 0 aromatic heterocycles. The molecule has 3 aromatic carbocycles. The smallest absolute Gasteiger partial charge is 0.335 e. The second-order valence-corrected chi connectivity index (χ2v) is 11.4. The Morgan fingerprint density at radius 3 is 2.38 bits per heavy atom. The van der Waals surface area contributed by atoms with Gasteiger partial charge >= 0.3 is 5.97 Å². The summed E-state index contributed by atoms with van der Waals surface area (Å²) in [6.45, 7) is 1.62. The van der Waals surface area contributed by atoms with Gasteiger partial charge in [0, 0.05) is 18.7 Å². The number of nitrogens with zero attached hydrogens (tertiary/aromatic N) is 2. The van der Waals surface area contributed by atoms with Crippen molar-refractivity contribution in [3.8, 4) is 22.6 Å². The summed E-state index contributed by atoms with van der Waals surface area (Å²) >= 11 is 13.2. The van der Waals surface area contributed by atoms with E-state index in [0.717, 1.165) is 28.8 Å². The number of hydrogen-bond donors (Lipinski definition) is 1. The van der Waals surface area contributed by atoms with Crippen LogP contribution in [-0.4, -0.2) is 72.0 Å². The number of rotatable bonds is 11. The number of carboxylic acids is 1. The Morgan fingerprint density at radius 2 is 1.75 bits per heavy atom. The fraction of sp³-hybridized carbons (Fsp3) is 0.233. The molecule has 4 rings (SSSR count). The maximum Gasteiger partial charge on any atom is 0.335 e. The van der Waals surface area contributed by atoms with Gasteiger partial charge in [0.25, 0.3) is 5.91 Å². The van der Waals surface area contributed by atoms with E-state index < -0.39 is 5.97 Å². The summed E-state index contributed by atoms with van der Waals surface area (Å²) in [7, 11) is 5.53. The quantitative estimate of drug-likeness (QED) is 0.210. The second kappa shape index (κ2) is 13.3. The van der Waals surface area contributed by atoms with Gasteiger partial charge in [-0.3, -0.25) is 9.69 Å². The van der Waals surface area contributed by atoms with Crippen molar-refractivity contribution in [1.82, 2.24) is 9.80 Å². The molecule has 40 heavy (non-hydrogen) atoms. The van der Waals surface area contributed by atoms with Crippen LogP contribution in [-0.2, 0) is 11.2 Å². The fourth-order valence-corrected chi connectivity index (χ4v) is 5.60. The number of carboxylic acid groups (broad SMARTS) is 1. The Hall–Kier alpha value is -3.37. The number of methoxy groups -OCH3 is 1. The molecule has 0 spiro atoms. The first-order chi connectivity index (χ1) is 19.2. The number of carbonyl (C=O) groups excluding carboxylic acids is 1. The first-order valence-corrected chi connectivity index (χ1v) is 14.1. The number of likely N-dealkylation sites (N-methyl/N-ethyl adjacent to an activating group) is 1. The van der Waals surface area contributed by atoms with Gasteiger partial charge in [0.2, 0.25) is 0 Å². The van der Waals surface area contributed by atoms with E-state index in [0.29, 0.717) is 45.3 Å². The molecule has 3 aromatic rings. The molecule has 0 bridgehead atoms. The minimum absolute atomic E-state index is 0.172. The van der Waals surface area contributed by atoms with Crippen molar-refractivity contribution < 1.29 is 24.2 Å². The average Bonchev–Trinajstić information content (AvgIpc) is 3.19. The molecule has 0 atom stereocenters. The van der Waals surface area contributed by atoms with Crippen molar-refractivity contribution in [2.45, 2.75) is 6.42 Å². The fourth-order valence-electron chi connectivity index (χ4n) is 4.05. The summed E-state index contributed by atoms with van der Waals surface area (Å²) in [5.74, 6) is 0.108. The Balaban J connectivity index is 1.58. The van der Waals surface area contributed by atoms with Crippen molar-refractivity contribution in [3.63, 3.8) is 0 Å². The Bertz CT molecular complexity index is 1460. The number of ether oxygens (including phenoxy) is 2. The van der Waals surface area contributed by atoms with Crippen molar-refractivity contribution in [2.75, 3.05) is 40.9 Å². The van der Waals surface area contributed by atoms with E-state index in [1.54, 1.807) is 36.3 Å². The number of thioether (sulfide) groups is 1. The molecule has 0 saturated carbocycles. The molecular weight excluding hydrogens is 568 g/mol. The van der Waals surface area contributed by atoms with Crippen LogP contribution in [0.1, 0.15) is 21.5 Å². The summed E-state index contributed by atoms with van der Waals surface area (Å²) in [6.07, 6.45) is 2.37. The highest BCUT2D eigenvalue weighted by Gasteiger charge is 2.32. The Morgan fingerprint density at radius 1 is 1.07 bits per heavy atom. The van der Waals surface area contributed by atoms with Crippen molar-refractivity contribution in [3.05, 3.63) is 87.3 Å².